The van der Waals surface area contributed by atoms with Crippen LogP contribution < -0.4 is 5.73 Å². The molecule has 2 N–H and O–H groups in total. The average molecular weight is 275 g/mol. The highest BCUT2D eigenvalue weighted by molar-refractivity contribution is 5.87. The van der Waals surface area contributed by atoms with Crippen LogP contribution in [0.1, 0.15) is 17.4 Å². The molecule has 6 nitrogen and oxygen atoms in total. The fraction of sp³-hybridized carbons (Fsp3) is 0.286. The van der Waals surface area contributed by atoms with E-state index < -0.39 is 5.97 Å². The van der Waals surface area contributed by atoms with Crippen molar-refractivity contribution in [2.45, 2.75) is 6.92 Å². The summed E-state index contributed by atoms with van der Waals surface area (Å²) < 4.78 is 11.7. The lowest BCUT2D eigenvalue weighted by atomic mass is 10.3. The van der Waals surface area contributed by atoms with Crippen molar-refractivity contribution in [1.82, 2.24) is 9.78 Å². The summed E-state index contributed by atoms with van der Waals surface area (Å²) in [6, 6.07) is 8.81. The highest BCUT2D eigenvalue weighted by Crippen LogP contribution is 2.11. The summed E-state index contributed by atoms with van der Waals surface area (Å²) in [4.78, 5) is 11.7. The van der Waals surface area contributed by atoms with Gasteiger partial charge in [-0.2, -0.15) is 5.10 Å². The highest BCUT2D eigenvalue weighted by atomic mass is 16.6. The molecule has 0 radical (unpaired) electrons. The summed E-state index contributed by atoms with van der Waals surface area (Å²) in [6.07, 6.45) is 1.70. The van der Waals surface area contributed by atoms with Crippen molar-refractivity contribution in [3.05, 3.63) is 42.2 Å². The first-order valence-corrected chi connectivity index (χ1v) is 6.37. The van der Waals surface area contributed by atoms with Gasteiger partial charge >= 0.3 is 5.97 Å². The van der Waals surface area contributed by atoms with Crippen LogP contribution in [0.5, 0.6) is 0 Å². The number of carbonyl (C=O) groups excluding carboxylic acids is 1. The van der Waals surface area contributed by atoms with E-state index in [9.17, 15) is 4.79 Å². The van der Waals surface area contributed by atoms with E-state index in [0.29, 0.717) is 18.9 Å². The van der Waals surface area contributed by atoms with Gasteiger partial charge in [0.1, 0.15) is 6.61 Å². The molecule has 6 heteroatoms. The zero-order valence-corrected chi connectivity index (χ0v) is 11.3. The maximum Gasteiger partial charge on any atom is 0.358 e. The molecule has 0 aliphatic carbocycles. The number of aromatic nitrogens is 2. The molecule has 1 aromatic heterocycles. The molecule has 20 heavy (non-hydrogen) atoms. The Kier molecular flexibility index (Phi) is 4.73. The van der Waals surface area contributed by atoms with Crippen molar-refractivity contribution in [2.24, 2.45) is 0 Å². The van der Waals surface area contributed by atoms with Gasteiger partial charge in [-0.1, -0.05) is 0 Å². The molecule has 0 fully saturated rings. The summed E-state index contributed by atoms with van der Waals surface area (Å²) in [7, 11) is 0. The molecule has 0 amide bonds. The summed E-state index contributed by atoms with van der Waals surface area (Å²) >= 11 is 0. The van der Waals surface area contributed by atoms with E-state index in [4.69, 9.17) is 15.2 Å². The number of benzene rings is 1. The minimum atomic E-state index is -0.459. The number of nitrogens with two attached hydrogens (primary N) is 1. The number of carbonyl (C=O) groups is 1. The first-order valence-electron chi connectivity index (χ1n) is 6.37. The van der Waals surface area contributed by atoms with Crippen molar-refractivity contribution in [3.63, 3.8) is 0 Å². The van der Waals surface area contributed by atoms with E-state index >= 15 is 0 Å². The number of hydrogen-bond donors (Lipinski definition) is 1. The molecule has 1 heterocycles. The maximum atomic E-state index is 11.7. The molecule has 0 aliphatic heterocycles. The van der Waals surface area contributed by atoms with Crippen LogP contribution in [0.2, 0.25) is 0 Å². The minimum Gasteiger partial charge on any atom is -0.458 e. The Labute approximate surface area is 117 Å². The molecule has 0 spiro atoms. The van der Waals surface area contributed by atoms with Crippen molar-refractivity contribution < 1.29 is 14.3 Å². The van der Waals surface area contributed by atoms with Crippen LogP contribution in [-0.2, 0) is 9.47 Å². The smallest absolute Gasteiger partial charge is 0.358 e. The zero-order chi connectivity index (χ0) is 14.4. The third-order valence-electron chi connectivity index (χ3n) is 2.62. The fourth-order valence-corrected chi connectivity index (χ4v) is 1.62. The Morgan fingerprint density at radius 2 is 2.00 bits per heavy atom. The van der Waals surface area contributed by atoms with E-state index in [-0.39, 0.29) is 12.3 Å². The molecular weight excluding hydrogens is 258 g/mol. The van der Waals surface area contributed by atoms with E-state index in [2.05, 4.69) is 5.10 Å². The van der Waals surface area contributed by atoms with E-state index in [0.717, 1.165) is 5.69 Å². The summed E-state index contributed by atoms with van der Waals surface area (Å²) in [5, 5.41) is 4.17. The predicted molar refractivity (Wildman–Crippen MR) is 74.8 cm³/mol. The number of rotatable bonds is 6. The highest BCUT2D eigenvalue weighted by Gasteiger charge is 2.11. The SMILES string of the molecule is CCOCCOC(=O)c1ccn(-c2ccc(N)cc2)n1. The molecule has 0 saturated carbocycles. The Balaban J connectivity index is 1.98. The quantitative estimate of drug-likeness (QED) is 0.492. The topological polar surface area (TPSA) is 79.4 Å². The van der Waals surface area contributed by atoms with Crippen LogP contribution >= 0.6 is 0 Å². The number of esters is 1. The second-order valence-corrected chi connectivity index (χ2v) is 4.07. The van der Waals surface area contributed by atoms with Gasteiger partial charge in [-0.25, -0.2) is 9.48 Å². The summed E-state index contributed by atoms with van der Waals surface area (Å²) in [5.74, 6) is -0.459. The average Bonchev–Trinajstić information content (AvgIpc) is 2.94. The lowest BCUT2D eigenvalue weighted by Gasteiger charge is -2.03. The van der Waals surface area contributed by atoms with Gasteiger partial charge in [-0.05, 0) is 37.3 Å². The fourth-order valence-electron chi connectivity index (χ4n) is 1.62. The Morgan fingerprint density at radius 3 is 2.70 bits per heavy atom. The van der Waals surface area contributed by atoms with Gasteiger partial charge in [0.2, 0.25) is 0 Å². The number of anilines is 1. The van der Waals surface area contributed by atoms with Crippen LogP contribution in [0.25, 0.3) is 5.69 Å². The second-order valence-electron chi connectivity index (χ2n) is 4.07. The van der Waals surface area contributed by atoms with Crippen LogP contribution in [0, 0.1) is 0 Å². The molecule has 2 aromatic rings. The van der Waals surface area contributed by atoms with E-state index in [1.807, 2.05) is 19.1 Å². The summed E-state index contributed by atoms with van der Waals surface area (Å²) in [5.41, 5.74) is 7.39. The molecule has 0 aliphatic rings. The largest absolute Gasteiger partial charge is 0.458 e. The Morgan fingerprint density at radius 1 is 1.25 bits per heavy atom. The molecule has 0 saturated heterocycles. The van der Waals surface area contributed by atoms with E-state index in [1.54, 1.807) is 29.1 Å². The van der Waals surface area contributed by atoms with Crippen molar-refractivity contribution in [1.29, 1.82) is 0 Å². The molecule has 0 unspecified atom stereocenters. The summed E-state index contributed by atoms with van der Waals surface area (Å²) in [6.45, 7) is 3.10. The van der Waals surface area contributed by atoms with Gasteiger partial charge in [0.15, 0.2) is 5.69 Å². The third-order valence-corrected chi connectivity index (χ3v) is 2.62. The minimum absolute atomic E-state index is 0.224. The number of nitrogen functional groups attached to an aromatic ring is 1. The van der Waals surface area contributed by atoms with Gasteiger partial charge in [-0.15, -0.1) is 0 Å². The number of ether oxygens (including phenoxy) is 2. The van der Waals surface area contributed by atoms with Gasteiger partial charge < -0.3 is 15.2 Å². The lowest BCUT2D eigenvalue weighted by molar-refractivity contribution is 0.0329. The third kappa shape index (κ3) is 3.58. The zero-order valence-electron chi connectivity index (χ0n) is 11.3. The first-order chi connectivity index (χ1) is 9.70. The first kappa shape index (κ1) is 14.1. The molecule has 2 rings (SSSR count). The van der Waals surface area contributed by atoms with Crippen LogP contribution in [0.15, 0.2) is 36.5 Å². The van der Waals surface area contributed by atoms with Crippen LogP contribution in [0.3, 0.4) is 0 Å². The number of hydrogen-bond acceptors (Lipinski definition) is 5. The number of nitrogens with zero attached hydrogens (tertiary/aromatic N) is 2. The molecule has 0 atom stereocenters. The van der Waals surface area contributed by atoms with Gasteiger partial charge in [0.25, 0.3) is 0 Å². The molecule has 0 bridgehead atoms. The Bertz CT molecular complexity index is 563. The normalized spacial score (nSPS) is 10.4. The molecule has 106 valence electrons. The standard InChI is InChI=1S/C14H17N3O3/c1-2-19-9-10-20-14(18)13-7-8-17(16-13)12-5-3-11(15)4-6-12/h3-8H,2,9-10,15H2,1H3. The van der Waals surface area contributed by atoms with Gasteiger partial charge in [-0.3, -0.25) is 0 Å². The maximum absolute atomic E-state index is 11.7. The van der Waals surface area contributed by atoms with E-state index in [1.165, 1.54) is 0 Å². The molecule has 1 aromatic carbocycles. The van der Waals surface area contributed by atoms with Gasteiger partial charge in [0.05, 0.1) is 12.3 Å². The van der Waals surface area contributed by atoms with Crippen molar-refractivity contribution in [3.8, 4) is 5.69 Å². The predicted octanol–water partition coefficient (Wildman–Crippen LogP) is 1.65. The van der Waals surface area contributed by atoms with Crippen molar-refractivity contribution in [2.75, 3.05) is 25.6 Å². The second kappa shape index (κ2) is 6.72. The van der Waals surface area contributed by atoms with Crippen LogP contribution in [-0.4, -0.2) is 35.6 Å². The lowest BCUT2D eigenvalue weighted by Crippen LogP contribution is -2.11. The van der Waals surface area contributed by atoms with Gasteiger partial charge in [0, 0.05) is 18.5 Å². The molecular formula is C14H17N3O3. The van der Waals surface area contributed by atoms with Crippen molar-refractivity contribution >= 4 is 11.7 Å². The van der Waals surface area contributed by atoms with Crippen LogP contribution in [0.4, 0.5) is 5.69 Å². The Hall–Kier alpha value is -2.34. The monoisotopic (exact) mass is 275 g/mol.